The molecule has 0 aromatic carbocycles. The first-order valence-corrected chi connectivity index (χ1v) is 9.04. The molecule has 138 valence electrons. The lowest BCUT2D eigenvalue weighted by molar-refractivity contribution is -0.128. The Balaban J connectivity index is 1.45. The van der Waals surface area contributed by atoms with Crippen LogP contribution in [0.2, 0.25) is 0 Å². The number of aliphatic hydroxyl groups is 1. The summed E-state index contributed by atoms with van der Waals surface area (Å²) in [7, 11) is 0. The van der Waals surface area contributed by atoms with Gasteiger partial charge in [-0.2, -0.15) is 0 Å². The van der Waals surface area contributed by atoms with Crippen molar-refractivity contribution in [3.63, 3.8) is 0 Å². The van der Waals surface area contributed by atoms with E-state index in [1.807, 2.05) is 23.1 Å². The number of carbonyl (C=O) groups excluding carboxylic acids is 1. The first-order valence-electron chi connectivity index (χ1n) is 9.04. The van der Waals surface area contributed by atoms with Gasteiger partial charge in [0.05, 0.1) is 30.6 Å². The van der Waals surface area contributed by atoms with Crippen LogP contribution >= 0.6 is 0 Å². The molecule has 0 saturated carbocycles. The monoisotopic (exact) mass is 348 g/mol. The third-order valence-corrected chi connectivity index (χ3v) is 5.03. The first-order chi connectivity index (χ1) is 12.1. The zero-order valence-electron chi connectivity index (χ0n) is 14.8. The van der Waals surface area contributed by atoms with Gasteiger partial charge >= 0.3 is 0 Å². The van der Waals surface area contributed by atoms with Crippen LogP contribution in [0.4, 0.5) is 0 Å². The molecule has 1 amide bonds. The maximum Gasteiger partial charge on any atom is 0.219 e. The number of hydrogen-bond donors (Lipinski definition) is 2. The first kappa shape index (κ1) is 18.3. The summed E-state index contributed by atoms with van der Waals surface area (Å²) in [6.45, 7) is 6.78. The summed E-state index contributed by atoms with van der Waals surface area (Å²) in [5.74, 6) is 0.137. The van der Waals surface area contributed by atoms with E-state index >= 15 is 0 Å². The Labute approximate surface area is 149 Å². The molecule has 1 aromatic rings. The zero-order valence-corrected chi connectivity index (χ0v) is 14.8. The smallest absolute Gasteiger partial charge is 0.219 e. The van der Waals surface area contributed by atoms with Crippen molar-refractivity contribution in [3.05, 3.63) is 30.1 Å². The van der Waals surface area contributed by atoms with Crippen molar-refractivity contribution in [3.8, 4) is 0 Å². The fourth-order valence-corrected chi connectivity index (χ4v) is 3.49. The minimum absolute atomic E-state index is 0.0762. The average molecular weight is 348 g/mol. The standard InChI is InChI=1S/C18H28N4O3/c1-14(23)22-8-4-7-21(9-10-22)12-17-18(24)16(13-25-17)20-11-15-5-2-3-6-19-15/h2-3,5-6,16-18,20,24H,4,7-13H2,1H3/t16-,17-,18+/m0/s1. The summed E-state index contributed by atoms with van der Waals surface area (Å²) in [5.41, 5.74) is 0.954. The summed E-state index contributed by atoms with van der Waals surface area (Å²) in [4.78, 5) is 20.0. The third-order valence-electron chi connectivity index (χ3n) is 5.03. The second kappa shape index (κ2) is 8.71. The van der Waals surface area contributed by atoms with Gasteiger partial charge in [-0.15, -0.1) is 0 Å². The molecule has 2 saturated heterocycles. The highest BCUT2D eigenvalue weighted by atomic mass is 16.5. The number of carbonyl (C=O) groups is 1. The van der Waals surface area contributed by atoms with E-state index in [-0.39, 0.29) is 18.1 Å². The highest BCUT2D eigenvalue weighted by Gasteiger charge is 2.36. The molecule has 1 aromatic heterocycles. The highest BCUT2D eigenvalue weighted by Crippen LogP contribution is 2.17. The average Bonchev–Trinajstić information content (AvgIpc) is 2.82. The maximum absolute atomic E-state index is 11.5. The van der Waals surface area contributed by atoms with Crippen LogP contribution in [0.15, 0.2) is 24.4 Å². The van der Waals surface area contributed by atoms with E-state index in [1.54, 1.807) is 13.1 Å². The Hall–Kier alpha value is -1.54. The van der Waals surface area contributed by atoms with Crippen LogP contribution < -0.4 is 5.32 Å². The SMILES string of the molecule is CC(=O)N1CCCN(C[C@@H]2OC[C@H](NCc3ccccn3)[C@H]2O)CC1. The number of amides is 1. The fraction of sp³-hybridized carbons (Fsp3) is 0.667. The molecule has 0 aliphatic carbocycles. The molecular weight excluding hydrogens is 320 g/mol. The van der Waals surface area contributed by atoms with Crippen LogP contribution in [0, 0.1) is 0 Å². The molecule has 0 spiro atoms. The number of aromatic nitrogens is 1. The lowest BCUT2D eigenvalue weighted by Crippen LogP contribution is -2.45. The molecule has 3 heterocycles. The second-order valence-electron chi connectivity index (χ2n) is 6.83. The van der Waals surface area contributed by atoms with Crippen LogP contribution in [0.25, 0.3) is 0 Å². The van der Waals surface area contributed by atoms with Crippen molar-refractivity contribution in [1.29, 1.82) is 0 Å². The molecule has 2 aliphatic heterocycles. The molecule has 3 atom stereocenters. The van der Waals surface area contributed by atoms with Gasteiger partial charge in [0.2, 0.25) is 5.91 Å². The summed E-state index contributed by atoms with van der Waals surface area (Å²) < 4.78 is 5.83. The largest absolute Gasteiger partial charge is 0.389 e. The van der Waals surface area contributed by atoms with Gasteiger partial charge in [0.1, 0.15) is 0 Å². The van der Waals surface area contributed by atoms with Crippen molar-refractivity contribution in [2.24, 2.45) is 0 Å². The maximum atomic E-state index is 11.5. The topological polar surface area (TPSA) is 77.9 Å². The quantitative estimate of drug-likeness (QED) is 0.771. The highest BCUT2D eigenvalue weighted by molar-refractivity contribution is 5.73. The van der Waals surface area contributed by atoms with Crippen LogP contribution in [0.1, 0.15) is 19.0 Å². The number of ether oxygens (including phenoxy) is 1. The molecule has 25 heavy (non-hydrogen) atoms. The summed E-state index contributed by atoms with van der Waals surface area (Å²) in [5, 5.41) is 13.9. The van der Waals surface area contributed by atoms with E-state index in [0.717, 1.165) is 38.3 Å². The number of rotatable bonds is 5. The minimum Gasteiger partial charge on any atom is -0.389 e. The second-order valence-corrected chi connectivity index (χ2v) is 6.83. The minimum atomic E-state index is -0.532. The van der Waals surface area contributed by atoms with Crippen LogP contribution in [0.3, 0.4) is 0 Å². The Morgan fingerprint density at radius 2 is 2.24 bits per heavy atom. The van der Waals surface area contributed by atoms with E-state index in [4.69, 9.17) is 4.74 Å². The van der Waals surface area contributed by atoms with Gasteiger partial charge in [-0.25, -0.2) is 0 Å². The molecule has 7 nitrogen and oxygen atoms in total. The van der Waals surface area contributed by atoms with Gasteiger partial charge in [0, 0.05) is 45.8 Å². The van der Waals surface area contributed by atoms with Crippen molar-refractivity contribution >= 4 is 5.91 Å². The number of nitrogens with zero attached hydrogens (tertiary/aromatic N) is 3. The van der Waals surface area contributed by atoms with Crippen molar-refractivity contribution in [2.75, 3.05) is 39.3 Å². The molecule has 2 fully saturated rings. The molecule has 0 radical (unpaired) electrons. The predicted molar refractivity (Wildman–Crippen MR) is 93.9 cm³/mol. The van der Waals surface area contributed by atoms with E-state index < -0.39 is 6.10 Å². The lowest BCUT2D eigenvalue weighted by atomic mass is 10.1. The predicted octanol–water partition coefficient (Wildman–Crippen LogP) is -0.146. The molecule has 2 aliphatic rings. The van der Waals surface area contributed by atoms with E-state index in [1.165, 1.54) is 0 Å². The van der Waals surface area contributed by atoms with Gasteiger partial charge < -0.3 is 20.1 Å². The Kier molecular flexibility index (Phi) is 6.36. The van der Waals surface area contributed by atoms with Gasteiger partial charge in [0.15, 0.2) is 0 Å². The number of nitrogens with one attached hydrogen (secondary N) is 1. The van der Waals surface area contributed by atoms with Crippen LogP contribution in [0.5, 0.6) is 0 Å². The molecule has 2 N–H and O–H groups in total. The van der Waals surface area contributed by atoms with Crippen LogP contribution in [-0.2, 0) is 16.1 Å². The van der Waals surface area contributed by atoms with Gasteiger partial charge in [0.25, 0.3) is 0 Å². The number of hydrogen-bond acceptors (Lipinski definition) is 6. The summed E-state index contributed by atoms with van der Waals surface area (Å²) >= 11 is 0. The Morgan fingerprint density at radius 3 is 3.00 bits per heavy atom. The normalized spacial score (nSPS) is 28.1. The van der Waals surface area contributed by atoms with E-state index in [0.29, 0.717) is 19.7 Å². The summed E-state index contributed by atoms with van der Waals surface area (Å²) in [6.07, 6.45) is 2.01. The summed E-state index contributed by atoms with van der Waals surface area (Å²) in [6, 6.07) is 5.73. The van der Waals surface area contributed by atoms with E-state index in [2.05, 4.69) is 15.2 Å². The van der Waals surface area contributed by atoms with E-state index in [9.17, 15) is 9.90 Å². The Bertz CT molecular complexity index is 557. The Morgan fingerprint density at radius 1 is 1.36 bits per heavy atom. The third kappa shape index (κ3) is 4.98. The van der Waals surface area contributed by atoms with Crippen molar-refractivity contribution in [2.45, 2.75) is 38.1 Å². The molecule has 0 unspecified atom stereocenters. The number of aliphatic hydroxyl groups excluding tert-OH is 1. The van der Waals surface area contributed by atoms with Crippen molar-refractivity contribution in [1.82, 2.24) is 20.1 Å². The van der Waals surface area contributed by atoms with Gasteiger partial charge in [-0.05, 0) is 25.1 Å². The van der Waals surface area contributed by atoms with Crippen molar-refractivity contribution < 1.29 is 14.6 Å². The van der Waals surface area contributed by atoms with Crippen LogP contribution in [-0.4, -0.2) is 83.4 Å². The fourth-order valence-electron chi connectivity index (χ4n) is 3.49. The number of pyridine rings is 1. The molecule has 3 rings (SSSR count). The zero-order chi connectivity index (χ0) is 17.6. The lowest BCUT2D eigenvalue weighted by Gasteiger charge is -2.26. The molecule has 0 bridgehead atoms. The van der Waals surface area contributed by atoms with Gasteiger partial charge in [-0.1, -0.05) is 6.07 Å². The molecular formula is C18H28N4O3. The van der Waals surface area contributed by atoms with Gasteiger partial charge in [-0.3, -0.25) is 14.7 Å². The molecule has 7 heteroatoms.